The Hall–Kier alpha value is -2.41. The number of nitriles is 1. The molecule has 0 aliphatic heterocycles. The highest BCUT2D eigenvalue weighted by atomic mass is 19.1. The Morgan fingerprint density at radius 3 is 2.89 bits per heavy atom. The number of rotatable bonds is 3. The van der Waals surface area contributed by atoms with Gasteiger partial charge in [0.1, 0.15) is 11.9 Å². The van der Waals surface area contributed by atoms with Crippen LogP contribution in [-0.2, 0) is 0 Å². The van der Waals surface area contributed by atoms with Gasteiger partial charge in [-0.15, -0.1) is 0 Å². The number of halogens is 1. The first-order chi connectivity index (χ1) is 8.74. The van der Waals surface area contributed by atoms with Crippen LogP contribution in [0.15, 0.2) is 36.5 Å². The van der Waals surface area contributed by atoms with Gasteiger partial charge in [0.15, 0.2) is 5.75 Å². The van der Waals surface area contributed by atoms with E-state index in [1.54, 1.807) is 18.2 Å². The number of ether oxygens (including phenoxy) is 1. The number of benzene rings is 1. The summed E-state index contributed by atoms with van der Waals surface area (Å²) in [5.41, 5.74) is 1.58. The van der Waals surface area contributed by atoms with Crippen molar-refractivity contribution in [2.45, 2.75) is 6.92 Å². The Morgan fingerprint density at radius 2 is 2.22 bits per heavy atom. The first-order valence-corrected chi connectivity index (χ1v) is 5.53. The van der Waals surface area contributed by atoms with Crippen LogP contribution in [0.25, 0.3) is 11.3 Å². The molecule has 0 aliphatic rings. The highest BCUT2D eigenvalue weighted by Crippen LogP contribution is 2.24. The molecule has 0 unspecified atom stereocenters. The number of aromatic nitrogens is 1. The monoisotopic (exact) mass is 242 g/mol. The Balaban J connectivity index is 2.45. The Bertz CT molecular complexity index is 605. The summed E-state index contributed by atoms with van der Waals surface area (Å²) in [4.78, 5) is 4.17. The molecule has 0 spiro atoms. The van der Waals surface area contributed by atoms with Crippen molar-refractivity contribution in [1.29, 1.82) is 5.26 Å². The first kappa shape index (κ1) is 12.1. The van der Waals surface area contributed by atoms with Gasteiger partial charge in [0, 0.05) is 5.56 Å². The number of pyridine rings is 1. The average Bonchev–Trinajstić information content (AvgIpc) is 2.39. The molecular formula is C14H11FN2O. The van der Waals surface area contributed by atoms with Gasteiger partial charge in [-0.2, -0.15) is 5.26 Å². The fourth-order valence-corrected chi connectivity index (χ4v) is 1.61. The van der Waals surface area contributed by atoms with Crippen LogP contribution in [0.3, 0.4) is 0 Å². The maximum absolute atomic E-state index is 13.1. The number of nitrogens with zero attached hydrogens (tertiary/aromatic N) is 2. The second kappa shape index (κ2) is 5.28. The summed E-state index contributed by atoms with van der Waals surface area (Å²) in [5, 5.41) is 9.04. The molecule has 0 saturated heterocycles. The van der Waals surface area contributed by atoms with Crippen LogP contribution >= 0.6 is 0 Å². The van der Waals surface area contributed by atoms with Gasteiger partial charge < -0.3 is 4.74 Å². The van der Waals surface area contributed by atoms with E-state index in [9.17, 15) is 4.39 Å². The average molecular weight is 242 g/mol. The van der Waals surface area contributed by atoms with Crippen molar-refractivity contribution in [2.24, 2.45) is 0 Å². The summed E-state index contributed by atoms with van der Waals surface area (Å²) < 4.78 is 18.4. The lowest BCUT2D eigenvalue weighted by Crippen LogP contribution is -1.96. The largest absolute Gasteiger partial charge is 0.491 e. The molecule has 0 aliphatic carbocycles. The Labute approximate surface area is 104 Å². The topological polar surface area (TPSA) is 45.9 Å². The van der Waals surface area contributed by atoms with E-state index in [1.807, 2.05) is 13.0 Å². The van der Waals surface area contributed by atoms with Crippen LogP contribution in [0.4, 0.5) is 4.39 Å². The van der Waals surface area contributed by atoms with Crippen molar-refractivity contribution in [3.63, 3.8) is 0 Å². The predicted molar refractivity (Wildman–Crippen MR) is 65.5 cm³/mol. The summed E-state index contributed by atoms with van der Waals surface area (Å²) in [5.74, 6) is 0.113. The molecule has 1 aromatic heterocycles. The second-order valence-corrected chi connectivity index (χ2v) is 3.62. The summed E-state index contributed by atoms with van der Waals surface area (Å²) in [7, 11) is 0. The fourth-order valence-electron chi connectivity index (χ4n) is 1.61. The molecule has 1 heterocycles. The van der Waals surface area contributed by atoms with Crippen LogP contribution in [0.1, 0.15) is 12.5 Å². The zero-order chi connectivity index (χ0) is 13.0. The highest BCUT2D eigenvalue weighted by Gasteiger charge is 2.07. The zero-order valence-electron chi connectivity index (χ0n) is 9.85. The van der Waals surface area contributed by atoms with Crippen molar-refractivity contribution in [1.82, 2.24) is 4.98 Å². The van der Waals surface area contributed by atoms with Crippen LogP contribution in [-0.4, -0.2) is 11.6 Å². The number of hydrogen-bond acceptors (Lipinski definition) is 3. The molecule has 1 aromatic carbocycles. The third-order valence-corrected chi connectivity index (χ3v) is 2.41. The van der Waals surface area contributed by atoms with E-state index in [0.717, 1.165) is 0 Å². The van der Waals surface area contributed by atoms with Gasteiger partial charge in [-0.25, -0.2) is 4.39 Å². The quantitative estimate of drug-likeness (QED) is 0.830. The normalized spacial score (nSPS) is 9.83. The van der Waals surface area contributed by atoms with Gasteiger partial charge in [0.05, 0.1) is 24.1 Å². The van der Waals surface area contributed by atoms with Gasteiger partial charge >= 0.3 is 0 Å². The van der Waals surface area contributed by atoms with Crippen molar-refractivity contribution in [2.75, 3.05) is 6.61 Å². The molecule has 90 valence electrons. The van der Waals surface area contributed by atoms with Crippen molar-refractivity contribution in [3.05, 3.63) is 47.9 Å². The third kappa shape index (κ3) is 2.46. The maximum atomic E-state index is 13.1. The van der Waals surface area contributed by atoms with E-state index in [1.165, 1.54) is 18.3 Å². The standard InChI is InChI=1S/C14H11FN2O/c1-2-18-14-9-17-13(7-11(14)8-16)10-4-3-5-12(15)6-10/h3-7,9H,2H2,1H3. The summed E-state index contributed by atoms with van der Waals surface area (Å²) >= 11 is 0. The molecule has 0 saturated carbocycles. The van der Waals surface area contributed by atoms with Crippen molar-refractivity contribution >= 4 is 0 Å². The summed E-state index contributed by atoms with van der Waals surface area (Å²) in [6, 6.07) is 9.74. The van der Waals surface area contributed by atoms with Gasteiger partial charge in [0.25, 0.3) is 0 Å². The molecule has 0 N–H and O–H groups in total. The van der Waals surface area contributed by atoms with Gasteiger partial charge in [0.2, 0.25) is 0 Å². The lowest BCUT2D eigenvalue weighted by Gasteiger charge is -2.07. The van der Waals surface area contributed by atoms with E-state index in [4.69, 9.17) is 10.00 Å². The smallest absolute Gasteiger partial charge is 0.155 e. The predicted octanol–water partition coefficient (Wildman–Crippen LogP) is 3.16. The van der Waals surface area contributed by atoms with Crippen LogP contribution in [0.2, 0.25) is 0 Å². The molecule has 0 atom stereocenters. The highest BCUT2D eigenvalue weighted by molar-refractivity contribution is 5.62. The first-order valence-electron chi connectivity index (χ1n) is 5.53. The van der Waals surface area contributed by atoms with E-state index >= 15 is 0 Å². The molecule has 3 nitrogen and oxygen atoms in total. The fraction of sp³-hybridized carbons (Fsp3) is 0.143. The van der Waals surface area contributed by atoms with Gasteiger partial charge in [-0.3, -0.25) is 4.98 Å². The molecule has 2 rings (SSSR count). The van der Waals surface area contributed by atoms with Gasteiger partial charge in [-0.05, 0) is 25.1 Å². The zero-order valence-corrected chi connectivity index (χ0v) is 9.85. The maximum Gasteiger partial charge on any atom is 0.155 e. The summed E-state index contributed by atoms with van der Waals surface area (Å²) in [6.45, 7) is 2.30. The van der Waals surface area contributed by atoms with Gasteiger partial charge in [-0.1, -0.05) is 12.1 Å². The van der Waals surface area contributed by atoms with Crippen LogP contribution in [0, 0.1) is 17.1 Å². The van der Waals surface area contributed by atoms with Crippen LogP contribution < -0.4 is 4.74 Å². The van der Waals surface area contributed by atoms with E-state index in [-0.39, 0.29) is 5.82 Å². The molecule has 0 bridgehead atoms. The van der Waals surface area contributed by atoms with E-state index < -0.39 is 0 Å². The SMILES string of the molecule is CCOc1cnc(-c2cccc(F)c2)cc1C#N. The minimum Gasteiger partial charge on any atom is -0.491 e. The van der Waals surface area contributed by atoms with Crippen molar-refractivity contribution < 1.29 is 9.13 Å². The Morgan fingerprint density at radius 1 is 1.39 bits per heavy atom. The number of hydrogen-bond donors (Lipinski definition) is 0. The molecular weight excluding hydrogens is 231 g/mol. The molecule has 0 fully saturated rings. The van der Waals surface area contributed by atoms with Crippen LogP contribution in [0.5, 0.6) is 5.75 Å². The van der Waals surface area contributed by atoms with E-state index in [0.29, 0.717) is 29.2 Å². The molecule has 2 aromatic rings. The third-order valence-electron chi connectivity index (χ3n) is 2.41. The lowest BCUT2D eigenvalue weighted by molar-refractivity contribution is 0.338. The summed E-state index contributed by atoms with van der Waals surface area (Å²) in [6.07, 6.45) is 1.49. The Kier molecular flexibility index (Phi) is 3.54. The minimum absolute atomic E-state index is 0.332. The molecule has 0 radical (unpaired) electrons. The molecule has 0 amide bonds. The minimum atomic E-state index is -0.332. The molecule has 18 heavy (non-hydrogen) atoms. The lowest BCUT2D eigenvalue weighted by atomic mass is 10.1. The second-order valence-electron chi connectivity index (χ2n) is 3.62. The van der Waals surface area contributed by atoms with Crippen molar-refractivity contribution in [3.8, 4) is 23.1 Å². The van der Waals surface area contributed by atoms with E-state index in [2.05, 4.69) is 4.98 Å². The molecule has 4 heteroatoms.